The molecule has 2 rings (SSSR count). The Labute approximate surface area is 134 Å². The summed E-state index contributed by atoms with van der Waals surface area (Å²) in [6.07, 6.45) is 6.28. The van der Waals surface area contributed by atoms with Crippen LogP contribution in [0.4, 0.5) is 0 Å². The maximum Gasteiger partial charge on any atom is 0.220 e. The molecule has 0 aromatic heterocycles. The molecule has 3 unspecified atom stereocenters. The molecule has 22 heavy (non-hydrogen) atoms. The second-order valence-corrected chi connectivity index (χ2v) is 6.65. The Hall–Kier alpha value is -1.35. The highest BCUT2D eigenvalue weighted by Gasteiger charge is 2.25. The summed E-state index contributed by atoms with van der Waals surface area (Å²) in [5.41, 5.74) is 8.42. The molecule has 3 atom stereocenters. The summed E-state index contributed by atoms with van der Waals surface area (Å²) in [6, 6.07) is 8.91. The number of hydrogen-bond donors (Lipinski definition) is 2. The summed E-state index contributed by atoms with van der Waals surface area (Å²) >= 11 is 0. The third kappa shape index (κ3) is 4.57. The second kappa shape index (κ2) is 8.33. The van der Waals surface area contributed by atoms with Crippen molar-refractivity contribution in [1.29, 1.82) is 0 Å². The summed E-state index contributed by atoms with van der Waals surface area (Å²) in [7, 11) is 0. The third-order valence-corrected chi connectivity index (χ3v) is 5.01. The van der Waals surface area contributed by atoms with Crippen LogP contribution in [0, 0.1) is 5.92 Å². The molecular formula is C19H30N2O. The number of aryl methyl sites for hydroxylation is 1. The van der Waals surface area contributed by atoms with Crippen LogP contribution in [0.3, 0.4) is 0 Å². The van der Waals surface area contributed by atoms with Crippen molar-refractivity contribution in [3.8, 4) is 0 Å². The number of amides is 1. The van der Waals surface area contributed by atoms with E-state index in [1.165, 1.54) is 24.0 Å². The fourth-order valence-electron chi connectivity index (χ4n) is 3.42. The summed E-state index contributed by atoms with van der Waals surface area (Å²) < 4.78 is 0. The lowest BCUT2D eigenvalue weighted by Crippen LogP contribution is -2.44. The molecule has 0 bridgehead atoms. The van der Waals surface area contributed by atoms with Gasteiger partial charge in [-0.25, -0.2) is 0 Å². The Kier molecular flexibility index (Phi) is 6.44. The number of carbonyl (C=O) groups is 1. The predicted octanol–water partition coefficient (Wildman–Crippen LogP) is 3.38. The SMILES string of the molecule is CCc1ccc(C(C)CC(=O)NC2CCCCC2CN)cc1. The van der Waals surface area contributed by atoms with Gasteiger partial charge in [-0.2, -0.15) is 0 Å². The van der Waals surface area contributed by atoms with Crippen LogP contribution in [0.15, 0.2) is 24.3 Å². The molecule has 0 saturated heterocycles. The third-order valence-electron chi connectivity index (χ3n) is 5.01. The molecule has 0 radical (unpaired) electrons. The molecule has 3 N–H and O–H groups in total. The number of nitrogens with two attached hydrogens (primary N) is 1. The lowest BCUT2D eigenvalue weighted by molar-refractivity contribution is -0.122. The number of hydrogen-bond acceptors (Lipinski definition) is 2. The van der Waals surface area contributed by atoms with Crippen molar-refractivity contribution in [2.75, 3.05) is 6.54 Å². The largest absolute Gasteiger partial charge is 0.353 e. The molecular weight excluding hydrogens is 272 g/mol. The van der Waals surface area contributed by atoms with Crippen LogP contribution >= 0.6 is 0 Å². The van der Waals surface area contributed by atoms with E-state index < -0.39 is 0 Å². The highest BCUT2D eigenvalue weighted by Crippen LogP contribution is 2.25. The van der Waals surface area contributed by atoms with E-state index in [4.69, 9.17) is 5.73 Å². The lowest BCUT2D eigenvalue weighted by Gasteiger charge is -2.31. The van der Waals surface area contributed by atoms with Gasteiger partial charge in [0.25, 0.3) is 0 Å². The van der Waals surface area contributed by atoms with E-state index >= 15 is 0 Å². The second-order valence-electron chi connectivity index (χ2n) is 6.65. The summed E-state index contributed by atoms with van der Waals surface area (Å²) in [5, 5.41) is 3.22. The first-order valence-corrected chi connectivity index (χ1v) is 8.72. The molecule has 0 aliphatic heterocycles. The standard InChI is InChI=1S/C19H30N2O/c1-3-15-8-10-16(11-9-15)14(2)12-19(22)21-18-7-5-4-6-17(18)13-20/h8-11,14,17-18H,3-7,12-13,20H2,1-2H3,(H,21,22). The Morgan fingerprint density at radius 3 is 2.59 bits per heavy atom. The van der Waals surface area contributed by atoms with Crippen LogP contribution < -0.4 is 11.1 Å². The Bertz CT molecular complexity index is 469. The van der Waals surface area contributed by atoms with Crippen LogP contribution in [-0.4, -0.2) is 18.5 Å². The molecule has 122 valence electrons. The van der Waals surface area contributed by atoms with Gasteiger partial charge in [0.1, 0.15) is 0 Å². The number of benzene rings is 1. The van der Waals surface area contributed by atoms with Crippen LogP contribution in [0.2, 0.25) is 0 Å². The van der Waals surface area contributed by atoms with Gasteiger partial charge in [-0.1, -0.05) is 51.0 Å². The zero-order chi connectivity index (χ0) is 15.9. The van der Waals surface area contributed by atoms with Crippen molar-refractivity contribution < 1.29 is 4.79 Å². The van der Waals surface area contributed by atoms with Crippen molar-refractivity contribution in [3.63, 3.8) is 0 Å². The number of nitrogens with one attached hydrogen (secondary N) is 1. The normalized spacial score (nSPS) is 23.0. The van der Waals surface area contributed by atoms with Gasteiger partial charge in [0, 0.05) is 12.5 Å². The summed E-state index contributed by atoms with van der Waals surface area (Å²) in [5.74, 6) is 0.875. The first-order valence-electron chi connectivity index (χ1n) is 8.72. The van der Waals surface area contributed by atoms with E-state index in [1.807, 2.05) is 0 Å². The minimum absolute atomic E-state index is 0.164. The van der Waals surface area contributed by atoms with Crippen molar-refractivity contribution >= 4 is 5.91 Å². The zero-order valence-corrected chi connectivity index (χ0v) is 14.0. The van der Waals surface area contributed by atoms with E-state index in [1.54, 1.807) is 0 Å². The molecule has 1 amide bonds. The predicted molar refractivity (Wildman–Crippen MR) is 91.8 cm³/mol. The van der Waals surface area contributed by atoms with Gasteiger partial charge in [0.05, 0.1) is 0 Å². The van der Waals surface area contributed by atoms with E-state index in [2.05, 4.69) is 43.4 Å². The lowest BCUT2D eigenvalue weighted by atomic mass is 9.84. The van der Waals surface area contributed by atoms with Crippen LogP contribution in [0.25, 0.3) is 0 Å². The maximum atomic E-state index is 12.3. The van der Waals surface area contributed by atoms with Crippen LogP contribution in [0.5, 0.6) is 0 Å². The zero-order valence-electron chi connectivity index (χ0n) is 14.0. The van der Waals surface area contributed by atoms with Crippen molar-refractivity contribution in [2.45, 2.75) is 64.3 Å². The fourth-order valence-corrected chi connectivity index (χ4v) is 3.42. The molecule has 1 aromatic rings. The molecule has 3 heteroatoms. The first-order chi connectivity index (χ1) is 10.6. The molecule has 1 fully saturated rings. The Balaban J connectivity index is 1.87. The maximum absolute atomic E-state index is 12.3. The Morgan fingerprint density at radius 1 is 1.27 bits per heavy atom. The van der Waals surface area contributed by atoms with Gasteiger partial charge < -0.3 is 11.1 Å². The van der Waals surface area contributed by atoms with E-state index in [0.717, 1.165) is 19.3 Å². The van der Waals surface area contributed by atoms with E-state index in [-0.39, 0.29) is 17.9 Å². The highest BCUT2D eigenvalue weighted by molar-refractivity contribution is 5.77. The fraction of sp³-hybridized carbons (Fsp3) is 0.632. The van der Waals surface area contributed by atoms with Gasteiger partial charge in [-0.05, 0) is 48.8 Å². The first kappa shape index (κ1) is 17.0. The van der Waals surface area contributed by atoms with Gasteiger partial charge in [-0.3, -0.25) is 4.79 Å². The Morgan fingerprint density at radius 2 is 1.95 bits per heavy atom. The molecule has 0 heterocycles. The van der Waals surface area contributed by atoms with Gasteiger partial charge in [0.2, 0.25) is 5.91 Å². The van der Waals surface area contributed by atoms with Crippen molar-refractivity contribution in [3.05, 3.63) is 35.4 Å². The highest BCUT2D eigenvalue weighted by atomic mass is 16.1. The monoisotopic (exact) mass is 302 g/mol. The van der Waals surface area contributed by atoms with Gasteiger partial charge in [-0.15, -0.1) is 0 Å². The molecule has 1 saturated carbocycles. The minimum atomic E-state index is 0.164. The van der Waals surface area contributed by atoms with Crippen molar-refractivity contribution in [2.24, 2.45) is 11.7 Å². The van der Waals surface area contributed by atoms with E-state index in [0.29, 0.717) is 18.9 Å². The molecule has 1 aromatic carbocycles. The van der Waals surface area contributed by atoms with Crippen LogP contribution in [0.1, 0.15) is 63.0 Å². The smallest absolute Gasteiger partial charge is 0.220 e. The summed E-state index contributed by atoms with van der Waals surface area (Å²) in [4.78, 5) is 12.3. The molecule has 0 spiro atoms. The van der Waals surface area contributed by atoms with Crippen molar-refractivity contribution in [1.82, 2.24) is 5.32 Å². The number of rotatable bonds is 6. The molecule has 1 aliphatic carbocycles. The van der Waals surface area contributed by atoms with Gasteiger partial charge >= 0.3 is 0 Å². The number of carbonyl (C=O) groups excluding carboxylic acids is 1. The summed E-state index contributed by atoms with van der Waals surface area (Å²) in [6.45, 7) is 4.96. The van der Waals surface area contributed by atoms with Crippen LogP contribution in [-0.2, 0) is 11.2 Å². The van der Waals surface area contributed by atoms with E-state index in [9.17, 15) is 4.79 Å². The average molecular weight is 302 g/mol. The van der Waals surface area contributed by atoms with Gasteiger partial charge in [0.15, 0.2) is 0 Å². The molecule has 3 nitrogen and oxygen atoms in total. The molecule has 1 aliphatic rings. The quantitative estimate of drug-likeness (QED) is 0.846. The average Bonchev–Trinajstić information content (AvgIpc) is 2.55. The minimum Gasteiger partial charge on any atom is -0.353 e. The topological polar surface area (TPSA) is 55.1 Å².